The van der Waals surface area contributed by atoms with Crippen molar-refractivity contribution in [1.82, 2.24) is 0 Å². The Morgan fingerprint density at radius 1 is 1.21 bits per heavy atom. The Kier molecular flexibility index (Phi) is 2.55. The number of rotatable bonds is 2. The first kappa shape index (κ1) is 13.7. The van der Waals surface area contributed by atoms with Gasteiger partial charge in [-0.05, 0) is 11.5 Å². The molecule has 1 spiro atoms. The predicted molar refractivity (Wildman–Crippen MR) is 85.0 cm³/mol. The number of carboxylic acid groups (broad SMARTS) is 1. The summed E-state index contributed by atoms with van der Waals surface area (Å²) in [5.41, 5.74) is -0.0527. The molecule has 0 aromatic heterocycles. The van der Waals surface area contributed by atoms with E-state index in [2.05, 4.69) is 0 Å². The van der Waals surface area contributed by atoms with E-state index in [9.17, 15) is 14.7 Å². The molecule has 2 aromatic carbocycles. The summed E-state index contributed by atoms with van der Waals surface area (Å²) in [6.07, 6.45) is 3.04. The van der Waals surface area contributed by atoms with Crippen LogP contribution in [0.5, 0.6) is 0 Å². The average molecular weight is 320 g/mol. The van der Waals surface area contributed by atoms with Gasteiger partial charge in [0.25, 0.3) is 0 Å². The molecule has 3 aliphatic heterocycles. The van der Waals surface area contributed by atoms with E-state index in [4.69, 9.17) is 4.74 Å². The molecule has 120 valence electrons. The van der Waals surface area contributed by atoms with Crippen molar-refractivity contribution in [3.63, 3.8) is 0 Å². The van der Waals surface area contributed by atoms with E-state index in [0.717, 1.165) is 16.5 Å². The second-order valence-corrected chi connectivity index (χ2v) is 6.64. The number of ether oxygens (including phenoxy) is 1. The van der Waals surface area contributed by atoms with Gasteiger partial charge in [0.2, 0.25) is 5.91 Å². The maximum absolute atomic E-state index is 13.1. The van der Waals surface area contributed by atoms with Gasteiger partial charge < -0.3 is 19.5 Å². The molecule has 0 unspecified atom stereocenters. The zero-order valence-electron chi connectivity index (χ0n) is 12.7. The van der Waals surface area contributed by atoms with Crippen molar-refractivity contribution in [2.75, 3.05) is 11.4 Å². The predicted octanol–water partition coefficient (Wildman–Crippen LogP) is 0.876. The summed E-state index contributed by atoms with van der Waals surface area (Å²) in [6, 6.07) is 13.6. The van der Waals surface area contributed by atoms with E-state index in [-0.39, 0.29) is 5.91 Å². The molecule has 2 saturated heterocycles. The summed E-state index contributed by atoms with van der Waals surface area (Å²) in [5, 5.41) is 13.5. The van der Waals surface area contributed by atoms with Crippen LogP contribution < -0.4 is 10.0 Å². The normalized spacial score (nSPS) is 33.4. The topological polar surface area (TPSA) is 69.7 Å². The van der Waals surface area contributed by atoms with Gasteiger partial charge in [-0.2, -0.15) is 0 Å². The molecule has 2 aromatic rings. The number of carbonyl (C=O) groups excluding carboxylic acids is 2. The maximum atomic E-state index is 13.1. The first-order chi connectivity index (χ1) is 11.6. The molecule has 5 nitrogen and oxygen atoms in total. The van der Waals surface area contributed by atoms with Crippen LogP contribution in [0.25, 0.3) is 10.8 Å². The molecule has 3 aliphatic rings. The summed E-state index contributed by atoms with van der Waals surface area (Å²) in [4.78, 5) is 26.2. The van der Waals surface area contributed by atoms with Crippen LogP contribution in [-0.2, 0) is 14.3 Å². The van der Waals surface area contributed by atoms with Crippen LogP contribution in [0.3, 0.4) is 0 Å². The first-order valence-electron chi connectivity index (χ1n) is 7.98. The lowest BCUT2D eigenvalue weighted by Crippen LogP contribution is -2.45. The van der Waals surface area contributed by atoms with Gasteiger partial charge in [-0.15, -0.1) is 0 Å². The molecule has 0 radical (unpaired) electrons. The number of aliphatic carboxylic acids is 1. The van der Waals surface area contributed by atoms with Crippen molar-refractivity contribution < 1.29 is 19.4 Å². The van der Waals surface area contributed by atoms with Gasteiger partial charge in [0.05, 0.1) is 24.3 Å². The van der Waals surface area contributed by atoms with Crippen molar-refractivity contribution in [2.24, 2.45) is 11.8 Å². The maximum Gasteiger partial charge on any atom is 0.234 e. The highest BCUT2D eigenvalue weighted by molar-refractivity contribution is 6.08. The van der Waals surface area contributed by atoms with Gasteiger partial charge in [0, 0.05) is 17.3 Å². The van der Waals surface area contributed by atoms with E-state index >= 15 is 0 Å². The number of hydrogen-bond donors (Lipinski definition) is 0. The van der Waals surface area contributed by atoms with Crippen LogP contribution in [0.2, 0.25) is 0 Å². The number of fused-ring (bicyclic) bond motifs is 2. The van der Waals surface area contributed by atoms with Crippen molar-refractivity contribution in [3.8, 4) is 0 Å². The second kappa shape index (κ2) is 4.45. The van der Waals surface area contributed by atoms with Crippen LogP contribution in [0, 0.1) is 11.8 Å². The van der Waals surface area contributed by atoms with E-state index in [1.165, 1.54) is 0 Å². The zero-order chi connectivity index (χ0) is 16.5. The number of hydrogen-bond acceptors (Lipinski definition) is 4. The third kappa shape index (κ3) is 1.57. The number of carboxylic acids is 1. The van der Waals surface area contributed by atoms with Gasteiger partial charge in [-0.3, -0.25) is 4.79 Å². The molecule has 5 heteroatoms. The SMILES string of the molecule is O=C([O-])[C@H]1[C@@H]2C=C[C@]3(CN(c4cccc5ccccc45)C(=O)[C@@H]13)O2. The molecule has 0 saturated carbocycles. The van der Waals surface area contributed by atoms with Crippen LogP contribution in [0.4, 0.5) is 5.69 Å². The van der Waals surface area contributed by atoms with Gasteiger partial charge in [0.15, 0.2) is 0 Å². The van der Waals surface area contributed by atoms with E-state index < -0.39 is 29.5 Å². The molecule has 3 heterocycles. The minimum atomic E-state index is -1.22. The number of anilines is 1. The molecule has 2 bridgehead atoms. The molecule has 2 fully saturated rings. The van der Waals surface area contributed by atoms with Gasteiger partial charge in [-0.25, -0.2) is 0 Å². The van der Waals surface area contributed by atoms with E-state index in [1.54, 1.807) is 11.0 Å². The fourth-order valence-electron chi connectivity index (χ4n) is 4.41. The highest BCUT2D eigenvalue weighted by Gasteiger charge is 2.65. The molecule has 0 aliphatic carbocycles. The van der Waals surface area contributed by atoms with Crippen LogP contribution in [0.1, 0.15) is 0 Å². The fourth-order valence-corrected chi connectivity index (χ4v) is 4.41. The van der Waals surface area contributed by atoms with Crippen molar-refractivity contribution in [2.45, 2.75) is 11.7 Å². The van der Waals surface area contributed by atoms with Gasteiger partial charge in [-0.1, -0.05) is 48.6 Å². The Morgan fingerprint density at radius 2 is 2.00 bits per heavy atom. The number of nitrogens with zero attached hydrogens (tertiary/aromatic N) is 1. The van der Waals surface area contributed by atoms with Crippen molar-refractivity contribution >= 4 is 28.3 Å². The smallest absolute Gasteiger partial charge is 0.234 e. The molecule has 4 atom stereocenters. The highest BCUT2D eigenvalue weighted by atomic mass is 16.5. The van der Waals surface area contributed by atoms with E-state index in [1.807, 2.05) is 48.5 Å². The molecule has 0 N–H and O–H groups in total. The fraction of sp³-hybridized carbons (Fsp3) is 0.263. The van der Waals surface area contributed by atoms with Crippen LogP contribution in [0.15, 0.2) is 54.6 Å². The van der Waals surface area contributed by atoms with Crippen molar-refractivity contribution in [1.29, 1.82) is 0 Å². The Hall–Kier alpha value is -2.66. The standard InChI is InChI=1S/C19H15NO4/c21-17-16-15(18(22)23)14-8-9-19(16,24-14)10-20(17)13-7-3-5-11-4-1-2-6-12(11)13/h1-9,14-16H,10H2,(H,22,23)/p-1/t14-,15-,16+,19+/m0/s1. The van der Waals surface area contributed by atoms with Crippen LogP contribution in [-0.4, -0.2) is 30.1 Å². The number of benzene rings is 2. The largest absolute Gasteiger partial charge is 0.550 e. The molecular weight excluding hydrogens is 306 g/mol. The summed E-state index contributed by atoms with van der Waals surface area (Å²) >= 11 is 0. The molecular formula is C19H14NO4-. The summed E-state index contributed by atoms with van der Waals surface area (Å²) in [7, 11) is 0. The summed E-state index contributed by atoms with van der Waals surface area (Å²) < 4.78 is 5.90. The third-order valence-corrected chi connectivity index (χ3v) is 5.43. The van der Waals surface area contributed by atoms with Gasteiger partial charge >= 0.3 is 0 Å². The summed E-state index contributed by atoms with van der Waals surface area (Å²) in [6.45, 7) is 0.335. The lowest BCUT2D eigenvalue weighted by atomic mass is 9.77. The lowest BCUT2D eigenvalue weighted by Gasteiger charge is -2.24. The minimum Gasteiger partial charge on any atom is -0.550 e. The third-order valence-electron chi connectivity index (χ3n) is 5.43. The Labute approximate surface area is 138 Å². The number of amides is 1. The van der Waals surface area contributed by atoms with E-state index in [0.29, 0.717) is 6.54 Å². The zero-order valence-corrected chi connectivity index (χ0v) is 12.7. The minimum absolute atomic E-state index is 0.201. The second-order valence-electron chi connectivity index (χ2n) is 6.64. The Morgan fingerprint density at radius 3 is 2.83 bits per heavy atom. The Balaban J connectivity index is 1.64. The highest BCUT2D eigenvalue weighted by Crippen LogP contribution is 2.52. The first-order valence-corrected chi connectivity index (χ1v) is 7.98. The molecule has 1 amide bonds. The van der Waals surface area contributed by atoms with Crippen molar-refractivity contribution in [3.05, 3.63) is 54.6 Å². The lowest BCUT2D eigenvalue weighted by molar-refractivity contribution is -0.313. The quantitative estimate of drug-likeness (QED) is 0.770. The molecule has 24 heavy (non-hydrogen) atoms. The van der Waals surface area contributed by atoms with Gasteiger partial charge in [0.1, 0.15) is 5.60 Å². The molecule has 5 rings (SSSR count). The number of carbonyl (C=O) groups is 2. The monoisotopic (exact) mass is 320 g/mol. The summed E-state index contributed by atoms with van der Waals surface area (Å²) in [5.74, 6) is -3.05. The average Bonchev–Trinajstić information content (AvgIpc) is 3.22. The van der Waals surface area contributed by atoms with Crippen LogP contribution >= 0.6 is 0 Å². The Bertz CT molecular complexity index is 915.